The number of benzene rings is 1. The molecular formula is C15H20BrNO2. The summed E-state index contributed by atoms with van der Waals surface area (Å²) in [5.74, 6) is 1.67. The van der Waals surface area contributed by atoms with E-state index in [2.05, 4.69) is 21.2 Å². The summed E-state index contributed by atoms with van der Waals surface area (Å²) < 4.78 is 6.18. The average Bonchev–Trinajstić information content (AvgIpc) is 2.42. The lowest BCUT2D eigenvalue weighted by Gasteiger charge is -2.21. The van der Waals surface area contributed by atoms with Crippen LogP contribution in [0.15, 0.2) is 22.7 Å². The molecule has 1 fully saturated rings. The summed E-state index contributed by atoms with van der Waals surface area (Å²) in [5, 5.41) is 3.33. The van der Waals surface area contributed by atoms with E-state index in [1.165, 1.54) is 0 Å². The maximum absolute atomic E-state index is 12.2. The number of carbonyl (C=O) groups is 1. The summed E-state index contributed by atoms with van der Waals surface area (Å²) >= 11 is 3.50. The highest BCUT2D eigenvalue weighted by Crippen LogP contribution is 2.24. The van der Waals surface area contributed by atoms with Crippen LogP contribution in [0.25, 0.3) is 0 Å². The van der Waals surface area contributed by atoms with Crippen LogP contribution >= 0.6 is 15.9 Å². The Morgan fingerprint density at radius 1 is 1.42 bits per heavy atom. The number of ether oxygens (including phenoxy) is 1. The summed E-state index contributed by atoms with van der Waals surface area (Å²) in [6.45, 7) is 2.08. The van der Waals surface area contributed by atoms with Gasteiger partial charge in [-0.2, -0.15) is 0 Å². The predicted molar refractivity (Wildman–Crippen MR) is 79.6 cm³/mol. The standard InChI is InChI=1S/C15H20BrNO2/c1-19-14-2-3-15(16)12(10-14)9-13(18)8-11-4-6-17-7-5-11/h2-3,10-11,17H,4-9H2,1H3. The van der Waals surface area contributed by atoms with E-state index in [4.69, 9.17) is 4.74 Å². The number of rotatable bonds is 5. The maximum Gasteiger partial charge on any atom is 0.137 e. The smallest absolute Gasteiger partial charge is 0.137 e. The van der Waals surface area contributed by atoms with E-state index in [9.17, 15) is 4.79 Å². The number of carbonyl (C=O) groups excluding carboxylic acids is 1. The van der Waals surface area contributed by atoms with Gasteiger partial charge in [-0.1, -0.05) is 15.9 Å². The number of methoxy groups -OCH3 is 1. The van der Waals surface area contributed by atoms with Crippen molar-refractivity contribution < 1.29 is 9.53 Å². The number of Topliss-reactive ketones (excluding diaryl/α,β-unsaturated/α-hetero) is 1. The van der Waals surface area contributed by atoms with Crippen LogP contribution in [0.4, 0.5) is 0 Å². The summed E-state index contributed by atoms with van der Waals surface area (Å²) in [7, 11) is 1.64. The van der Waals surface area contributed by atoms with Gasteiger partial charge in [0.1, 0.15) is 11.5 Å². The van der Waals surface area contributed by atoms with Crippen molar-refractivity contribution in [2.75, 3.05) is 20.2 Å². The van der Waals surface area contributed by atoms with Crippen LogP contribution in [0, 0.1) is 5.92 Å². The third kappa shape index (κ3) is 4.32. The number of halogens is 1. The van der Waals surface area contributed by atoms with Crippen molar-refractivity contribution in [1.29, 1.82) is 0 Å². The van der Waals surface area contributed by atoms with Crippen molar-refractivity contribution >= 4 is 21.7 Å². The van der Waals surface area contributed by atoms with Crippen LogP contribution in [0.1, 0.15) is 24.8 Å². The van der Waals surface area contributed by atoms with Crippen molar-refractivity contribution in [3.63, 3.8) is 0 Å². The second-order valence-electron chi connectivity index (χ2n) is 5.07. The quantitative estimate of drug-likeness (QED) is 0.904. The Balaban J connectivity index is 1.94. The van der Waals surface area contributed by atoms with Gasteiger partial charge in [-0.15, -0.1) is 0 Å². The fourth-order valence-corrected chi connectivity index (χ4v) is 2.89. The number of ketones is 1. The molecule has 0 amide bonds. The zero-order chi connectivity index (χ0) is 13.7. The van der Waals surface area contributed by atoms with E-state index < -0.39 is 0 Å². The molecule has 0 unspecified atom stereocenters. The molecule has 4 heteroatoms. The Morgan fingerprint density at radius 2 is 2.16 bits per heavy atom. The first kappa shape index (κ1) is 14.5. The lowest BCUT2D eigenvalue weighted by atomic mass is 9.91. The first-order chi connectivity index (χ1) is 9.19. The molecule has 0 aliphatic carbocycles. The molecule has 0 atom stereocenters. The Hall–Kier alpha value is -0.870. The molecule has 0 saturated carbocycles. The van der Waals surface area contributed by atoms with Crippen molar-refractivity contribution in [3.8, 4) is 5.75 Å². The average molecular weight is 326 g/mol. The van der Waals surface area contributed by atoms with E-state index >= 15 is 0 Å². The highest BCUT2D eigenvalue weighted by molar-refractivity contribution is 9.10. The molecule has 1 N–H and O–H groups in total. The molecule has 1 aromatic carbocycles. The summed E-state index contributed by atoms with van der Waals surface area (Å²) in [4.78, 5) is 12.2. The van der Waals surface area contributed by atoms with Gasteiger partial charge in [0, 0.05) is 17.3 Å². The normalized spacial score (nSPS) is 16.3. The van der Waals surface area contributed by atoms with Crippen molar-refractivity contribution in [2.45, 2.75) is 25.7 Å². The lowest BCUT2D eigenvalue weighted by molar-refractivity contribution is -0.119. The minimum atomic E-state index is 0.320. The minimum absolute atomic E-state index is 0.320. The number of hydrogen-bond donors (Lipinski definition) is 1. The lowest BCUT2D eigenvalue weighted by Crippen LogP contribution is -2.29. The molecule has 1 saturated heterocycles. The molecule has 0 bridgehead atoms. The topological polar surface area (TPSA) is 38.3 Å². The highest BCUT2D eigenvalue weighted by atomic mass is 79.9. The van der Waals surface area contributed by atoms with E-state index in [1.807, 2.05) is 18.2 Å². The molecule has 3 nitrogen and oxygen atoms in total. The second kappa shape index (κ2) is 7.06. The van der Waals surface area contributed by atoms with Crippen LogP contribution in [0.5, 0.6) is 5.75 Å². The Kier molecular flexibility index (Phi) is 5.40. The summed E-state index contributed by atoms with van der Waals surface area (Å²) in [6, 6.07) is 5.77. The third-order valence-corrected chi connectivity index (χ3v) is 4.39. The van der Waals surface area contributed by atoms with Gasteiger partial charge >= 0.3 is 0 Å². The monoisotopic (exact) mass is 325 g/mol. The SMILES string of the molecule is COc1ccc(Br)c(CC(=O)CC2CCNCC2)c1. The van der Waals surface area contributed by atoms with Crippen molar-refractivity contribution in [3.05, 3.63) is 28.2 Å². The maximum atomic E-state index is 12.2. The van der Waals surface area contributed by atoms with Crippen LogP contribution in [-0.2, 0) is 11.2 Å². The molecule has 1 aliphatic heterocycles. The molecule has 1 aromatic rings. The van der Waals surface area contributed by atoms with Crippen LogP contribution in [0.3, 0.4) is 0 Å². The van der Waals surface area contributed by atoms with Crippen molar-refractivity contribution in [2.24, 2.45) is 5.92 Å². The van der Waals surface area contributed by atoms with Gasteiger partial charge in [0.25, 0.3) is 0 Å². The van der Waals surface area contributed by atoms with E-state index in [0.29, 0.717) is 24.5 Å². The molecular weight excluding hydrogens is 306 g/mol. The highest BCUT2D eigenvalue weighted by Gasteiger charge is 2.17. The Morgan fingerprint density at radius 3 is 2.84 bits per heavy atom. The van der Waals surface area contributed by atoms with Crippen molar-refractivity contribution in [1.82, 2.24) is 5.32 Å². The number of piperidine rings is 1. The largest absolute Gasteiger partial charge is 0.497 e. The van der Waals surface area contributed by atoms with Gasteiger partial charge in [0.05, 0.1) is 7.11 Å². The molecule has 19 heavy (non-hydrogen) atoms. The van der Waals surface area contributed by atoms with Crippen LogP contribution in [-0.4, -0.2) is 26.0 Å². The van der Waals surface area contributed by atoms with Gasteiger partial charge in [-0.05, 0) is 55.6 Å². The second-order valence-corrected chi connectivity index (χ2v) is 5.92. The van der Waals surface area contributed by atoms with Gasteiger partial charge in [0.15, 0.2) is 0 Å². The van der Waals surface area contributed by atoms with E-state index in [1.54, 1.807) is 7.11 Å². The number of nitrogens with one attached hydrogen (secondary N) is 1. The molecule has 1 heterocycles. The fraction of sp³-hybridized carbons (Fsp3) is 0.533. The molecule has 1 aliphatic rings. The predicted octanol–water partition coefficient (Wildman–Crippen LogP) is 2.96. The van der Waals surface area contributed by atoms with Crippen LogP contribution in [0.2, 0.25) is 0 Å². The van der Waals surface area contributed by atoms with Gasteiger partial charge in [-0.25, -0.2) is 0 Å². The first-order valence-corrected chi connectivity index (χ1v) is 7.53. The molecule has 104 valence electrons. The van der Waals surface area contributed by atoms with Gasteiger partial charge in [-0.3, -0.25) is 4.79 Å². The first-order valence-electron chi connectivity index (χ1n) is 6.74. The Labute approximate surface area is 122 Å². The fourth-order valence-electron chi connectivity index (χ4n) is 2.51. The zero-order valence-electron chi connectivity index (χ0n) is 11.2. The van der Waals surface area contributed by atoms with Crippen LogP contribution < -0.4 is 10.1 Å². The third-order valence-electron chi connectivity index (χ3n) is 3.62. The summed E-state index contributed by atoms with van der Waals surface area (Å²) in [5.41, 5.74) is 1.01. The molecule has 2 rings (SSSR count). The summed E-state index contributed by atoms with van der Waals surface area (Å²) in [6.07, 6.45) is 3.42. The molecule has 0 radical (unpaired) electrons. The zero-order valence-corrected chi connectivity index (χ0v) is 12.8. The minimum Gasteiger partial charge on any atom is -0.497 e. The van der Waals surface area contributed by atoms with Gasteiger partial charge in [0.2, 0.25) is 0 Å². The molecule has 0 aromatic heterocycles. The number of hydrogen-bond acceptors (Lipinski definition) is 3. The van der Waals surface area contributed by atoms with E-state index in [-0.39, 0.29) is 0 Å². The van der Waals surface area contributed by atoms with Gasteiger partial charge < -0.3 is 10.1 Å². The van der Waals surface area contributed by atoms with E-state index in [0.717, 1.165) is 41.7 Å². The Bertz CT molecular complexity index is 442. The molecule has 0 spiro atoms.